The molecule has 1 amide bonds. The molecule has 0 spiro atoms. The first-order chi connectivity index (χ1) is 9.65. The highest BCUT2D eigenvalue weighted by atomic mass is 16.2. The van der Waals surface area contributed by atoms with E-state index in [4.69, 9.17) is 0 Å². The van der Waals surface area contributed by atoms with Gasteiger partial charge in [0.05, 0.1) is 6.42 Å². The Morgan fingerprint density at radius 3 is 2.20 bits per heavy atom. The Hall–Kier alpha value is -1.84. The van der Waals surface area contributed by atoms with Crippen LogP contribution in [0, 0.1) is 0 Å². The zero-order valence-electron chi connectivity index (χ0n) is 12.0. The summed E-state index contributed by atoms with van der Waals surface area (Å²) in [5.41, 5.74) is 1.95. The van der Waals surface area contributed by atoms with Gasteiger partial charge in [-0.15, -0.1) is 0 Å². The molecule has 1 heterocycles. The maximum Gasteiger partial charge on any atom is 0.231 e. The Kier molecular flexibility index (Phi) is 5.16. The largest absolute Gasteiger partial charge is 0.372 e. The molecular formula is C16H22N2O2. The number of benzene rings is 1. The first-order valence-corrected chi connectivity index (χ1v) is 7.29. The second-order valence-electron chi connectivity index (χ2n) is 5.38. The first kappa shape index (κ1) is 14.6. The highest BCUT2D eigenvalue weighted by Crippen LogP contribution is 2.21. The van der Waals surface area contributed by atoms with Crippen molar-refractivity contribution in [1.82, 2.24) is 0 Å². The van der Waals surface area contributed by atoms with E-state index in [1.807, 2.05) is 24.3 Å². The molecule has 1 fully saturated rings. The number of ketones is 1. The van der Waals surface area contributed by atoms with Crippen molar-refractivity contribution in [3.63, 3.8) is 0 Å². The van der Waals surface area contributed by atoms with E-state index in [9.17, 15) is 9.59 Å². The minimum absolute atomic E-state index is 0.0616. The summed E-state index contributed by atoms with van der Waals surface area (Å²) in [6, 6.07) is 7.87. The molecule has 1 aliphatic heterocycles. The summed E-state index contributed by atoms with van der Waals surface area (Å²) in [5.74, 6) is -0.372. The Morgan fingerprint density at radius 2 is 1.65 bits per heavy atom. The number of nitrogens with one attached hydrogen (secondary N) is 1. The van der Waals surface area contributed by atoms with Gasteiger partial charge in [-0.05, 0) is 44.0 Å². The number of carbonyl (C=O) groups is 2. The van der Waals surface area contributed by atoms with Crippen molar-refractivity contribution in [3.8, 4) is 0 Å². The van der Waals surface area contributed by atoms with Gasteiger partial charge in [-0.1, -0.05) is 12.8 Å². The molecule has 1 aliphatic rings. The van der Waals surface area contributed by atoms with Gasteiger partial charge in [0.2, 0.25) is 5.91 Å². The van der Waals surface area contributed by atoms with Crippen molar-refractivity contribution in [2.24, 2.45) is 0 Å². The molecule has 4 nitrogen and oxygen atoms in total. The van der Waals surface area contributed by atoms with Crippen molar-refractivity contribution in [2.75, 3.05) is 23.3 Å². The zero-order chi connectivity index (χ0) is 14.4. The van der Waals surface area contributed by atoms with Crippen LogP contribution >= 0.6 is 0 Å². The number of anilines is 2. The fraction of sp³-hybridized carbons (Fsp3) is 0.500. The van der Waals surface area contributed by atoms with Crippen LogP contribution in [0.4, 0.5) is 11.4 Å². The molecule has 0 saturated carbocycles. The van der Waals surface area contributed by atoms with E-state index in [0.717, 1.165) is 18.8 Å². The van der Waals surface area contributed by atoms with E-state index in [1.165, 1.54) is 38.3 Å². The van der Waals surface area contributed by atoms with E-state index < -0.39 is 0 Å². The molecule has 0 unspecified atom stereocenters. The van der Waals surface area contributed by atoms with Gasteiger partial charge in [0, 0.05) is 24.5 Å². The molecule has 4 heteroatoms. The van der Waals surface area contributed by atoms with Gasteiger partial charge in [-0.3, -0.25) is 9.59 Å². The normalized spacial score (nSPS) is 15.6. The molecule has 0 atom stereocenters. The zero-order valence-corrected chi connectivity index (χ0v) is 12.0. The number of nitrogens with zero attached hydrogens (tertiary/aromatic N) is 1. The van der Waals surface area contributed by atoms with E-state index in [0.29, 0.717) is 0 Å². The molecular weight excluding hydrogens is 252 g/mol. The van der Waals surface area contributed by atoms with Crippen LogP contribution in [0.2, 0.25) is 0 Å². The predicted octanol–water partition coefficient (Wildman–Crippen LogP) is 2.98. The van der Waals surface area contributed by atoms with Gasteiger partial charge in [0.15, 0.2) is 0 Å². The monoisotopic (exact) mass is 274 g/mol. The van der Waals surface area contributed by atoms with Gasteiger partial charge in [0.25, 0.3) is 0 Å². The van der Waals surface area contributed by atoms with Crippen LogP contribution in [-0.4, -0.2) is 24.8 Å². The number of hydrogen-bond acceptors (Lipinski definition) is 3. The molecule has 0 aliphatic carbocycles. The second-order valence-corrected chi connectivity index (χ2v) is 5.38. The maximum atomic E-state index is 11.5. The van der Waals surface area contributed by atoms with Crippen molar-refractivity contribution in [3.05, 3.63) is 24.3 Å². The molecule has 1 aromatic rings. The Bertz CT molecular complexity index is 460. The maximum absolute atomic E-state index is 11.5. The van der Waals surface area contributed by atoms with Crippen LogP contribution in [0.5, 0.6) is 0 Å². The fourth-order valence-electron chi connectivity index (χ4n) is 2.52. The lowest BCUT2D eigenvalue weighted by atomic mass is 10.2. The van der Waals surface area contributed by atoms with Gasteiger partial charge < -0.3 is 10.2 Å². The topological polar surface area (TPSA) is 49.4 Å². The van der Waals surface area contributed by atoms with Crippen molar-refractivity contribution >= 4 is 23.1 Å². The lowest BCUT2D eigenvalue weighted by Gasteiger charge is -2.22. The number of rotatable bonds is 4. The minimum Gasteiger partial charge on any atom is -0.372 e. The summed E-state index contributed by atoms with van der Waals surface area (Å²) < 4.78 is 0. The van der Waals surface area contributed by atoms with Crippen LogP contribution < -0.4 is 10.2 Å². The van der Waals surface area contributed by atoms with Crippen LogP contribution in [-0.2, 0) is 9.59 Å². The molecule has 1 saturated heterocycles. The number of hydrogen-bond donors (Lipinski definition) is 1. The summed E-state index contributed by atoms with van der Waals surface area (Å²) in [4.78, 5) is 24.8. The molecule has 0 bridgehead atoms. The average Bonchev–Trinajstić information content (AvgIpc) is 2.67. The second kappa shape index (κ2) is 7.08. The lowest BCUT2D eigenvalue weighted by molar-refractivity contribution is -0.124. The Balaban J connectivity index is 1.95. The van der Waals surface area contributed by atoms with Crippen molar-refractivity contribution in [1.29, 1.82) is 0 Å². The van der Waals surface area contributed by atoms with E-state index in [2.05, 4.69) is 10.2 Å². The summed E-state index contributed by atoms with van der Waals surface area (Å²) in [6.07, 6.45) is 5.06. The molecule has 2 rings (SSSR count). The summed E-state index contributed by atoms with van der Waals surface area (Å²) in [5, 5.41) is 2.74. The van der Waals surface area contributed by atoms with Crippen molar-refractivity contribution in [2.45, 2.75) is 39.0 Å². The van der Waals surface area contributed by atoms with Gasteiger partial charge in [0.1, 0.15) is 5.78 Å². The van der Waals surface area contributed by atoms with Crippen molar-refractivity contribution < 1.29 is 9.59 Å². The average molecular weight is 274 g/mol. The first-order valence-electron chi connectivity index (χ1n) is 7.29. The van der Waals surface area contributed by atoms with E-state index >= 15 is 0 Å². The number of carbonyl (C=O) groups excluding carboxylic acids is 2. The van der Waals surface area contributed by atoms with Crippen LogP contribution in [0.15, 0.2) is 24.3 Å². The van der Waals surface area contributed by atoms with Crippen LogP contribution in [0.25, 0.3) is 0 Å². The SMILES string of the molecule is CC(=O)CC(=O)Nc1ccc(N2CCCCCC2)cc1. The predicted molar refractivity (Wildman–Crippen MR) is 81.1 cm³/mol. The Labute approximate surface area is 120 Å². The quantitative estimate of drug-likeness (QED) is 0.859. The summed E-state index contributed by atoms with van der Waals surface area (Å²) >= 11 is 0. The van der Waals surface area contributed by atoms with Gasteiger partial charge in [-0.2, -0.15) is 0 Å². The number of Topliss-reactive ketones (excluding diaryl/α,β-unsaturated/α-hetero) is 1. The van der Waals surface area contributed by atoms with E-state index in [1.54, 1.807) is 0 Å². The fourth-order valence-corrected chi connectivity index (χ4v) is 2.52. The van der Waals surface area contributed by atoms with E-state index in [-0.39, 0.29) is 18.1 Å². The molecule has 108 valence electrons. The molecule has 20 heavy (non-hydrogen) atoms. The summed E-state index contributed by atoms with van der Waals surface area (Å²) in [7, 11) is 0. The molecule has 0 aromatic heterocycles. The molecule has 1 aromatic carbocycles. The van der Waals surface area contributed by atoms with Gasteiger partial charge >= 0.3 is 0 Å². The minimum atomic E-state index is -0.250. The smallest absolute Gasteiger partial charge is 0.231 e. The van der Waals surface area contributed by atoms with Crippen LogP contribution in [0.3, 0.4) is 0 Å². The molecule has 0 radical (unpaired) electrons. The molecule has 1 N–H and O–H groups in total. The Morgan fingerprint density at radius 1 is 1.05 bits per heavy atom. The highest BCUT2D eigenvalue weighted by Gasteiger charge is 2.10. The standard InChI is InChI=1S/C16H22N2O2/c1-13(19)12-16(20)17-14-6-8-15(9-7-14)18-10-4-2-3-5-11-18/h6-9H,2-5,10-12H2,1H3,(H,17,20). The highest BCUT2D eigenvalue weighted by molar-refractivity contribution is 6.03. The number of amides is 1. The third kappa shape index (κ3) is 4.37. The summed E-state index contributed by atoms with van der Waals surface area (Å²) in [6.45, 7) is 3.63. The lowest BCUT2D eigenvalue weighted by Crippen LogP contribution is -2.23. The third-order valence-electron chi connectivity index (χ3n) is 3.53. The third-order valence-corrected chi connectivity index (χ3v) is 3.53. The van der Waals surface area contributed by atoms with Crippen LogP contribution in [0.1, 0.15) is 39.0 Å². The van der Waals surface area contributed by atoms with Gasteiger partial charge in [-0.25, -0.2) is 0 Å².